The maximum absolute atomic E-state index is 6.21. The monoisotopic (exact) mass is 260 g/mol. The van der Waals surface area contributed by atoms with E-state index in [0.717, 1.165) is 33.4 Å². The third-order valence-electron chi connectivity index (χ3n) is 3.46. The molecular weight excluding hydrogens is 244 g/mol. The van der Waals surface area contributed by atoms with Crippen LogP contribution in [0.15, 0.2) is 54.6 Å². The topological polar surface area (TPSA) is 38.9 Å². The number of nitrogen functional groups attached to an aromatic ring is 1. The molecule has 1 aromatic heterocycles. The summed E-state index contributed by atoms with van der Waals surface area (Å²) in [7, 11) is 0. The molecule has 0 unspecified atom stereocenters. The van der Waals surface area contributed by atoms with Crippen molar-refractivity contribution >= 4 is 28.7 Å². The van der Waals surface area contributed by atoms with Crippen LogP contribution in [0.4, 0.5) is 5.69 Å². The van der Waals surface area contributed by atoms with Crippen molar-refractivity contribution in [3.63, 3.8) is 0 Å². The van der Waals surface area contributed by atoms with Crippen molar-refractivity contribution in [1.29, 1.82) is 0 Å². The van der Waals surface area contributed by atoms with Crippen molar-refractivity contribution in [1.82, 2.24) is 4.98 Å². The van der Waals surface area contributed by atoms with Gasteiger partial charge in [-0.2, -0.15) is 0 Å². The van der Waals surface area contributed by atoms with Gasteiger partial charge in [-0.3, -0.25) is 0 Å². The Morgan fingerprint density at radius 2 is 1.60 bits per heavy atom. The lowest BCUT2D eigenvalue weighted by Crippen LogP contribution is -1.97. The van der Waals surface area contributed by atoms with Crippen LogP contribution in [0.1, 0.15) is 16.8 Å². The molecule has 0 spiro atoms. The molecule has 3 aromatic rings. The van der Waals surface area contributed by atoms with Crippen LogP contribution >= 0.6 is 0 Å². The normalized spacial score (nSPS) is 11.2. The van der Waals surface area contributed by atoms with Gasteiger partial charge >= 0.3 is 0 Å². The summed E-state index contributed by atoms with van der Waals surface area (Å²) in [6.07, 6.45) is 4.08. The van der Waals surface area contributed by atoms with E-state index in [1.54, 1.807) is 0 Å². The minimum absolute atomic E-state index is 0.809. The van der Waals surface area contributed by atoms with Crippen LogP contribution in [0.2, 0.25) is 0 Å². The first-order valence-corrected chi connectivity index (χ1v) is 6.63. The summed E-state index contributed by atoms with van der Waals surface area (Å²) in [5, 5.41) is 1.02. The Balaban J connectivity index is 2.08. The lowest BCUT2D eigenvalue weighted by molar-refractivity contribution is 1.30. The van der Waals surface area contributed by atoms with Crippen molar-refractivity contribution in [2.24, 2.45) is 0 Å². The van der Waals surface area contributed by atoms with Crippen LogP contribution in [-0.4, -0.2) is 4.98 Å². The molecule has 2 heteroatoms. The molecule has 1 heterocycles. The third-order valence-corrected chi connectivity index (χ3v) is 3.46. The fraction of sp³-hybridized carbons (Fsp3) is 0.0556. The molecule has 3 rings (SSSR count). The van der Waals surface area contributed by atoms with Crippen molar-refractivity contribution in [2.75, 3.05) is 5.73 Å². The first-order chi connectivity index (χ1) is 9.75. The van der Waals surface area contributed by atoms with Crippen molar-refractivity contribution in [3.05, 3.63) is 71.4 Å². The number of nitrogens with two attached hydrogens (primary N) is 1. The van der Waals surface area contributed by atoms with Gasteiger partial charge in [0.2, 0.25) is 0 Å². The number of benzene rings is 2. The van der Waals surface area contributed by atoms with Crippen LogP contribution in [0.3, 0.4) is 0 Å². The van der Waals surface area contributed by atoms with Crippen LogP contribution in [0.25, 0.3) is 23.1 Å². The molecule has 0 atom stereocenters. The van der Waals surface area contributed by atoms with Crippen molar-refractivity contribution < 1.29 is 0 Å². The Morgan fingerprint density at radius 3 is 2.40 bits per heavy atom. The van der Waals surface area contributed by atoms with Gasteiger partial charge in [-0.25, -0.2) is 4.98 Å². The first kappa shape index (κ1) is 12.4. The number of aromatic nitrogens is 1. The minimum Gasteiger partial charge on any atom is -0.398 e. The van der Waals surface area contributed by atoms with E-state index in [1.165, 1.54) is 0 Å². The van der Waals surface area contributed by atoms with Gasteiger partial charge in [-0.15, -0.1) is 0 Å². The van der Waals surface area contributed by atoms with E-state index >= 15 is 0 Å². The number of fused-ring (bicyclic) bond motifs is 1. The number of para-hydroxylation sites is 1. The van der Waals surface area contributed by atoms with Gasteiger partial charge in [0.05, 0.1) is 11.2 Å². The molecule has 98 valence electrons. The summed E-state index contributed by atoms with van der Waals surface area (Å²) < 4.78 is 0. The summed E-state index contributed by atoms with van der Waals surface area (Å²) in [4.78, 5) is 4.68. The number of nitrogens with zero attached hydrogens (tertiary/aromatic N) is 1. The second kappa shape index (κ2) is 5.17. The van der Waals surface area contributed by atoms with Gasteiger partial charge in [0, 0.05) is 11.1 Å². The molecule has 0 aliphatic heterocycles. The fourth-order valence-corrected chi connectivity index (χ4v) is 2.25. The van der Waals surface area contributed by atoms with Gasteiger partial charge in [-0.05, 0) is 30.2 Å². The van der Waals surface area contributed by atoms with Crippen LogP contribution in [0, 0.1) is 6.92 Å². The van der Waals surface area contributed by atoms with Gasteiger partial charge < -0.3 is 5.73 Å². The number of anilines is 1. The Labute approximate surface area is 118 Å². The van der Waals surface area contributed by atoms with E-state index in [0.29, 0.717) is 0 Å². The highest BCUT2D eigenvalue weighted by Gasteiger charge is 2.06. The van der Waals surface area contributed by atoms with E-state index in [4.69, 9.17) is 5.73 Å². The average Bonchev–Trinajstić information content (AvgIpc) is 2.50. The Kier molecular flexibility index (Phi) is 3.21. The molecule has 20 heavy (non-hydrogen) atoms. The van der Waals surface area contributed by atoms with Gasteiger partial charge in [-0.1, -0.05) is 54.6 Å². The molecule has 0 fully saturated rings. The molecule has 0 saturated carbocycles. The zero-order valence-electron chi connectivity index (χ0n) is 11.4. The fourth-order valence-electron chi connectivity index (χ4n) is 2.25. The molecule has 0 aliphatic rings. The van der Waals surface area contributed by atoms with E-state index in [-0.39, 0.29) is 0 Å². The second-order valence-electron chi connectivity index (χ2n) is 4.80. The van der Waals surface area contributed by atoms with Gasteiger partial charge in [0.1, 0.15) is 0 Å². The number of hydrogen-bond donors (Lipinski definition) is 1. The molecule has 0 radical (unpaired) electrons. The lowest BCUT2D eigenvalue weighted by atomic mass is 10.1. The Morgan fingerprint density at radius 1 is 0.900 bits per heavy atom. The molecule has 2 nitrogen and oxygen atoms in total. The van der Waals surface area contributed by atoms with Crippen molar-refractivity contribution in [3.8, 4) is 0 Å². The number of pyridine rings is 1. The third kappa shape index (κ3) is 2.28. The summed E-state index contributed by atoms with van der Waals surface area (Å²) in [5.74, 6) is 0. The minimum atomic E-state index is 0.809. The molecule has 0 amide bonds. The molecule has 0 aliphatic carbocycles. The van der Waals surface area contributed by atoms with Crippen molar-refractivity contribution in [2.45, 2.75) is 6.92 Å². The highest BCUT2D eigenvalue weighted by Crippen LogP contribution is 2.26. The molecular formula is C18H16N2. The summed E-state index contributed by atoms with van der Waals surface area (Å²) >= 11 is 0. The predicted molar refractivity (Wildman–Crippen MR) is 86.3 cm³/mol. The summed E-state index contributed by atoms with van der Waals surface area (Å²) in [6.45, 7) is 2.01. The van der Waals surface area contributed by atoms with Gasteiger partial charge in [0.15, 0.2) is 0 Å². The lowest BCUT2D eigenvalue weighted by Gasteiger charge is -2.08. The maximum Gasteiger partial charge on any atom is 0.0730 e. The highest BCUT2D eigenvalue weighted by atomic mass is 14.7. The first-order valence-electron chi connectivity index (χ1n) is 6.63. The van der Waals surface area contributed by atoms with Gasteiger partial charge in [0.25, 0.3) is 0 Å². The zero-order chi connectivity index (χ0) is 13.9. The standard InChI is InChI=1S/C18H16N2/c1-13-16(12-11-14-7-3-2-4-8-14)20-17-10-6-5-9-15(17)18(13)19/h2-12H,1H3,(H2,19,20). The van der Waals surface area contributed by atoms with E-state index in [9.17, 15) is 0 Å². The van der Waals surface area contributed by atoms with Crippen LogP contribution in [-0.2, 0) is 0 Å². The Hall–Kier alpha value is -2.61. The summed E-state index contributed by atoms with van der Waals surface area (Å²) in [5.41, 5.74) is 11.1. The van der Waals surface area contributed by atoms with Crippen LogP contribution < -0.4 is 5.73 Å². The predicted octanol–water partition coefficient (Wildman–Crippen LogP) is 4.30. The summed E-state index contributed by atoms with van der Waals surface area (Å²) in [6, 6.07) is 18.2. The van der Waals surface area contributed by atoms with Crippen LogP contribution in [0.5, 0.6) is 0 Å². The molecule has 0 saturated heterocycles. The molecule has 0 bridgehead atoms. The van der Waals surface area contributed by atoms with E-state index in [1.807, 2.05) is 55.5 Å². The second-order valence-corrected chi connectivity index (χ2v) is 4.80. The largest absolute Gasteiger partial charge is 0.398 e. The maximum atomic E-state index is 6.21. The number of rotatable bonds is 2. The average molecular weight is 260 g/mol. The number of hydrogen-bond acceptors (Lipinski definition) is 2. The quantitative estimate of drug-likeness (QED) is 0.746. The SMILES string of the molecule is Cc1c(C=Cc2ccccc2)nc2ccccc2c1N. The van der Waals surface area contributed by atoms with E-state index < -0.39 is 0 Å². The smallest absolute Gasteiger partial charge is 0.0730 e. The zero-order valence-corrected chi connectivity index (χ0v) is 11.4. The van der Waals surface area contributed by atoms with E-state index in [2.05, 4.69) is 23.2 Å². The molecule has 2 aromatic carbocycles. The Bertz CT molecular complexity index is 774. The highest BCUT2D eigenvalue weighted by molar-refractivity contribution is 5.93. The molecule has 2 N–H and O–H groups in total.